The van der Waals surface area contributed by atoms with E-state index in [-0.39, 0.29) is 5.54 Å². The molecule has 0 saturated heterocycles. The van der Waals surface area contributed by atoms with Crippen LogP contribution in [0.5, 0.6) is 0 Å². The van der Waals surface area contributed by atoms with Crippen LogP contribution in [0.3, 0.4) is 0 Å². The molecule has 0 atom stereocenters. The highest BCUT2D eigenvalue weighted by Crippen LogP contribution is 2.16. The van der Waals surface area contributed by atoms with Gasteiger partial charge in [-0.05, 0) is 63.4 Å². The van der Waals surface area contributed by atoms with E-state index in [1.54, 1.807) is 0 Å². The van der Waals surface area contributed by atoms with Crippen LogP contribution >= 0.6 is 0 Å². The van der Waals surface area contributed by atoms with Crippen LogP contribution in [0.15, 0.2) is 36.5 Å². The normalized spacial score (nSPS) is 11.8. The molecule has 0 bridgehead atoms. The Hall–Kier alpha value is -1.54. The summed E-state index contributed by atoms with van der Waals surface area (Å²) in [5, 5.41) is 3.56. The van der Waals surface area contributed by atoms with E-state index in [9.17, 15) is 0 Å². The quantitative estimate of drug-likeness (QED) is 0.887. The number of nitrogens with zero attached hydrogens (tertiary/aromatic N) is 1. The van der Waals surface area contributed by atoms with Crippen molar-refractivity contribution >= 4 is 0 Å². The van der Waals surface area contributed by atoms with Crippen molar-refractivity contribution in [3.8, 4) is 0 Å². The monoisotopic (exact) mass is 270 g/mol. The Morgan fingerprint density at radius 2 is 1.65 bits per heavy atom. The Balaban J connectivity index is 2.17. The summed E-state index contributed by atoms with van der Waals surface area (Å²) >= 11 is 0. The second-order valence-corrected chi connectivity index (χ2v) is 6.60. The minimum atomic E-state index is 0.147. The van der Waals surface area contributed by atoms with Gasteiger partial charge in [-0.25, -0.2) is 0 Å². The molecule has 20 heavy (non-hydrogen) atoms. The Labute approximate surface area is 122 Å². The van der Waals surface area contributed by atoms with Crippen molar-refractivity contribution in [1.82, 2.24) is 9.88 Å². The van der Waals surface area contributed by atoms with Crippen LogP contribution < -0.4 is 5.32 Å². The molecule has 0 amide bonds. The lowest BCUT2D eigenvalue weighted by atomic mass is 10.0. The molecule has 2 rings (SSSR count). The Morgan fingerprint density at radius 3 is 2.25 bits per heavy atom. The van der Waals surface area contributed by atoms with Gasteiger partial charge < -0.3 is 9.88 Å². The first-order valence-corrected chi connectivity index (χ1v) is 7.31. The molecule has 0 spiro atoms. The molecule has 2 nitrogen and oxygen atoms in total. The smallest absolute Gasteiger partial charge is 0.0478 e. The fraction of sp³-hybridized carbons (Fsp3) is 0.444. The molecule has 0 aliphatic heterocycles. The van der Waals surface area contributed by atoms with Crippen LogP contribution in [0.1, 0.15) is 43.2 Å². The fourth-order valence-electron chi connectivity index (χ4n) is 2.39. The second-order valence-electron chi connectivity index (χ2n) is 6.60. The first-order chi connectivity index (χ1) is 9.37. The number of nitrogens with one attached hydrogen (secondary N) is 1. The van der Waals surface area contributed by atoms with Gasteiger partial charge in [-0.1, -0.05) is 18.2 Å². The summed E-state index contributed by atoms with van der Waals surface area (Å²) in [6.45, 7) is 12.8. The molecule has 0 unspecified atom stereocenters. The molecule has 2 heteroatoms. The summed E-state index contributed by atoms with van der Waals surface area (Å²) < 4.78 is 2.34. The number of benzene rings is 1. The largest absolute Gasteiger partial charge is 0.346 e. The van der Waals surface area contributed by atoms with E-state index >= 15 is 0 Å². The zero-order valence-electron chi connectivity index (χ0n) is 13.3. The SMILES string of the molecule is Cc1cccc(C)c1Cn1cccc1CNC(C)(C)C. The van der Waals surface area contributed by atoms with Gasteiger partial charge in [-0.3, -0.25) is 0 Å². The highest BCUT2D eigenvalue weighted by Gasteiger charge is 2.11. The molecule has 0 radical (unpaired) electrons. The molecule has 0 fully saturated rings. The summed E-state index contributed by atoms with van der Waals surface area (Å²) in [7, 11) is 0. The van der Waals surface area contributed by atoms with Crippen LogP contribution in [-0.4, -0.2) is 10.1 Å². The Kier molecular flexibility index (Phi) is 4.34. The lowest BCUT2D eigenvalue weighted by Gasteiger charge is -2.21. The number of rotatable bonds is 4. The predicted molar refractivity (Wildman–Crippen MR) is 86.0 cm³/mol. The van der Waals surface area contributed by atoms with Gasteiger partial charge in [0, 0.05) is 30.5 Å². The minimum Gasteiger partial charge on any atom is -0.346 e. The second kappa shape index (κ2) is 5.84. The van der Waals surface area contributed by atoms with Crippen molar-refractivity contribution in [3.05, 3.63) is 58.9 Å². The van der Waals surface area contributed by atoms with E-state index in [1.807, 2.05) is 0 Å². The molecule has 108 valence electrons. The number of hydrogen-bond donors (Lipinski definition) is 1. The average molecular weight is 270 g/mol. The Morgan fingerprint density at radius 1 is 1.00 bits per heavy atom. The zero-order chi connectivity index (χ0) is 14.8. The maximum absolute atomic E-state index is 3.56. The van der Waals surface area contributed by atoms with Crippen molar-refractivity contribution in [2.45, 2.75) is 53.2 Å². The van der Waals surface area contributed by atoms with E-state index in [1.165, 1.54) is 22.4 Å². The molecule has 2 aromatic rings. The van der Waals surface area contributed by atoms with Crippen LogP contribution in [0, 0.1) is 13.8 Å². The Bertz CT molecular complexity index is 553. The summed E-state index contributed by atoms with van der Waals surface area (Å²) in [6, 6.07) is 10.9. The summed E-state index contributed by atoms with van der Waals surface area (Å²) in [5.41, 5.74) is 5.65. The number of aromatic nitrogens is 1. The molecule has 0 saturated carbocycles. The van der Waals surface area contributed by atoms with E-state index in [0.29, 0.717) is 0 Å². The fourth-order valence-corrected chi connectivity index (χ4v) is 2.39. The summed E-state index contributed by atoms with van der Waals surface area (Å²) in [5.74, 6) is 0. The average Bonchev–Trinajstić information content (AvgIpc) is 2.78. The van der Waals surface area contributed by atoms with Crippen molar-refractivity contribution in [2.75, 3.05) is 0 Å². The molecule has 1 N–H and O–H groups in total. The first-order valence-electron chi connectivity index (χ1n) is 7.31. The number of aryl methyl sites for hydroxylation is 2. The van der Waals surface area contributed by atoms with Crippen molar-refractivity contribution in [3.63, 3.8) is 0 Å². The first kappa shape index (κ1) is 14.9. The summed E-state index contributed by atoms with van der Waals surface area (Å²) in [6.07, 6.45) is 2.17. The van der Waals surface area contributed by atoms with E-state index in [2.05, 4.69) is 81.0 Å². The lowest BCUT2D eigenvalue weighted by Crippen LogP contribution is -2.35. The third-order valence-corrected chi connectivity index (χ3v) is 3.70. The van der Waals surface area contributed by atoms with Crippen LogP contribution in [-0.2, 0) is 13.1 Å². The lowest BCUT2D eigenvalue weighted by molar-refractivity contribution is 0.417. The van der Waals surface area contributed by atoms with Crippen molar-refractivity contribution in [2.24, 2.45) is 0 Å². The molecule has 1 aromatic carbocycles. The van der Waals surface area contributed by atoms with Crippen molar-refractivity contribution in [1.29, 1.82) is 0 Å². The van der Waals surface area contributed by atoms with Crippen LogP contribution in [0.4, 0.5) is 0 Å². The standard InChI is InChI=1S/C18H26N2/c1-14-8-6-9-15(2)17(14)13-20-11-7-10-16(20)12-19-18(3,4)5/h6-11,19H,12-13H2,1-5H3. The van der Waals surface area contributed by atoms with E-state index in [4.69, 9.17) is 0 Å². The van der Waals surface area contributed by atoms with Gasteiger partial charge in [0.05, 0.1) is 0 Å². The maximum Gasteiger partial charge on any atom is 0.0478 e. The van der Waals surface area contributed by atoms with E-state index in [0.717, 1.165) is 13.1 Å². The predicted octanol–water partition coefficient (Wildman–Crippen LogP) is 4.04. The zero-order valence-corrected chi connectivity index (χ0v) is 13.3. The van der Waals surface area contributed by atoms with Gasteiger partial charge in [-0.2, -0.15) is 0 Å². The summed E-state index contributed by atoms with van der Waals surface area (Å²) in [4.78, 5) is 0. The molecule has 1 aromatic heterocycles. The maximum atomic E-state index is 3.56. The highest BCUT2D eigenvalue weighted by molar-refractivity contribution is 5.34. The van der Waals surface area contributed by atoms with Gasteiger partial charge in [0.15, 0.2) is 0 Å². The van der Waals surface area contributed by atoms with Crippen molar-refractivity contribution < 1.29 is 0 Å². The van der Waals surface area contributed by atoms with Crippen LogP contribution in [0.25, 0.3) is 0 Å². The third kappa shape index (κ3) is 3.73. The van der Waals surface area contributed by atoms with E-state index < -0.39 is 0 Å². The number of hydrogen-bond acceptors (Lipinski definition) is 1. The topological polar surface area (TPSA) is 17.0 Å². The van der Waals surface area contributed by atoms with Gasteiger partial charge in [-0.15, -0.1) is 0 Å². The minimum absolute atomic E-state index is 0.147. The van der Waals surface area contributed by atoms with Gasteiger partial charge in [0.1, 0.15) is 0 Å². The van der Waals surface area contributed by atoms with Gasteiger partial charge in [0.2, 0.25) is 0 Å². The highest BCUT2D eigenvalue weighted by atomic mass is 15.0. The molecule has 0 aliphatic carbocycles. The third-order valence-electron chi connectivity index (χ3n) is 3.70. The van der Waals surface area contributed by atoms with Gasteiger partial charge in [0.25, 0.3) is 0 Å². The van der Waals surface area contributed by atoms with Gasteiger partial charge >= 0.3 is 0 Å². The molecular weight excluding hydrogens is 244 g/mol. The molecule has 0 aliphatic rings. The van der Waals surface area contributed by atoms with Crippen LogP contribution in [0.2, 0.25) is 0 Å². The molecule has 1 heterocycles. The molecular formula is C18H26N2.